The van der Waals surface area contributed by atoms with Crippen LogP contribution < -0.4 is 22.1 Å². The Kier molecular flexibility index (Phi) is 9.83. The number of rotatable bonds is 8. The molecule has 1 saturated carbocycles. The van der Waals surface area contributed by atoms with Gasteiger partial charge in [0.2, 0.25) is 11.8 Å². The summed E-state index contributed by atoms with van der Waals surface area (Å²) in [6.07, 6.45) is 3.33. The molecule has 0 bridgehead atoms. The number of nitrogens with zero attached hydrogens (tertiary/aromatic N) is 4. The van der Waals surface area contributed by atoms with Gasteiger partial charge in [0, 0.05) is 45.7 Å². The van der Waals surface area contributed by atoms with Crippen molar-refractivity contribution in [3.63, 3.8) is 0 Å². The summed E-state index contributed by atoms with van der Waals surface area (Å²) in [5.41, 5.74) is 12.5. The van der Waals surface area contributed by atoms with Crippen molar-refractivity contribution >= 4 is 18.0 Å². The lowest BCUT2D eigenvalue weighted by molar-refractivity contribution is -0.571. The summed E-state index contributed by atoms with van der Waals surface area (Å²) in [6.45, 7) is 10.6. The van der Waals surface area contributed by atoms with Crippen molar-refractivity contribution in [2.24, 2.45) is 28.2 Å². The largest absolute Gasteiger partial charge is 0.350 e. The molecule has 43 heavy (non-hydrogen) atoms. The Labute approximate surface area is 255 Å². The highest BCUT2D eigenvalue weighted by atomic mass is 19.1. The van der Waals surface area contributed by atoms with E-state index in [1.165, 1.54) is 0 Å². The molecule has 0 radical (unpaired) electrons. The van der Waals surface area contributed by atoms with E-state index in [-0.39, 0.29) is 41.3 Å². The summed E-state index contributed by atoms with van der Waals surface area (Å²) in [4.78, 5) is 33.4. The van der Waals surface area contributed by atoms with Crippen LogP contribution in [0, 0.1) is 16.7 Å². The highest BCUT2D eigenvalue weighted by molar-refractivity contribution is 5.82. The number of fused-ring (bicyclic) bond motifs is 1. The minimum atomic E-state index is -1.18. The lowest BCUT2D eigenvalue weighted by atomic mass is 9.77. The summed E-state index contributed by atoms with van der Waals surface area (Å²) in [5, 5.41) is 6.29. The van der Waals surface area contributed by atoms with Crippen molar-refractivity contribution in [1.82, 2.24) is 25.3 Å². The van der Waals surface area contributed by atoms with Crippen LogP contribution in [0.25, 0.3) is 0 Å². The standard InChI is InChI=1S/C31H54F2N8O2/c1-5-31-15-24(39(6-2)18-20(32)14-30(31,3)19-31)25(27(34)35)28(42)37-22-17-36-16-21(33)26(22)40-10-12-41(13-11-40)29(43)23-8-7-9-38(23)4/h18,20-27,36H,5-17,19,34-35H2,1-4H3/p+1. The van der Waals surface area contributed by atoms with Gasteiger partial charge in [-0.2, -0.15) is 0 Å². The molecule has 5 aliphatic rings. The number of piperidine rings is 1. The van der Waals surface area contributed by atoms with Crippen LogP contribution in [-0.4, -0.2) is 139 Å². The van der Waals surface area contributed by atoms with Gasteiger partial charge in [-0.1, -0.05) is 13.8 Å². The number of nitrogens with two attached hydrogens (primary N) is 2. The molecular weight excluding hydrogens is 554 g/mol. The van der Waals surface area contributed by atoms with E-state index in [1.807, 2.05) is 23.4 Å². The molecule has 4 fully saturated rings. The van der Waals surface area contributed by atoms with E-state index in [0.717, 1.165) is 32.2 Å². The molecule has 5 rings (SSSR count). The first-order valence-corrected chi connectivity index (χ1v) is 16.6. The van der Waals surface area contributed by atoms with E-state index >= 15 is 8.78 Å². The van der Waals surface area contributed by atoms with Crippen LogP contribution in [0.1, 0.15) is 59.3 Å². The van der Waals surface area contributed by atoms with Crippen molar-refractivity contribution in [3.8, 4) is 0 Å². The lowest BCUT2D eigenvalue weighted by Crippen LogP contribution is -2.69. The maximum absolute atomic E-state index is 15.6. The second-order valence-corrected chi connectivity index (χ2v) is 14.2. The molecule has 0 spiro atoms. The number of carbonyl (C=O) groups is 2. The van der Waals surface area contributed by atoms with E-state index in [1.54, 1.807) is 6.21 Å². The topological polar surface area (TPSA) is 123 Å². The summed E-state index contributed by atoms with van der Waals surface area (Å²) in [6, 6.07) is -1.44. The number of halogens is 2. The highest BCUT2D eigenvalue weighted by Gasteiger charge is 2.66. The van der Waals surface area contributed by atoms with Gasteiger partial charge in [-0.05, 0) is 63.5 Å². The second kappa shape index (κ2) is 12.9. The molecule has 4 aliphatic heterocycles. The molecule has 3 saturated heterocycles. The van der Waals surface area contributed by atoms with Gasteiger partial charge in [0.1, 0.15) is 18.6 Å². The molecule has 244 valence electrons. The number of piperazine rings is 1. The van der Waals surface area contributed by atoms with Crippen LogP contribution in [0.3, 0.4) is 0 Å². The Morgan fingerprint density at radius 3 is 2.44 bits per heavy atom. The zero-order chi connectivity index (χ0) is 31.1. The molecule has 1 aliphatic carbocycles. The third kappa shape index (κ3) is 6.36. The number of alkyl halides is 2. The third-order valence-electron chi connectivity index (χ3n) is 11.7. The number of amides is 2. The first-order valence-electron chi connectivity index (χ1n) is 16.6. The summed E-state index contributed by atoms with van der Waals surface area (Å²) in [7, 11) is 2.00. The second-order valence-electron chi connectivity index (χ2n) is 14.2. The average Bonchev–Trinajstić information content (AvgIpc) is 3.27. The Bertz CT molecular complexity index is 1050. The smallest absolute Gasteiger partial charge is 0.240 e. The Balaban J connectivity index is 1.30. The van der Waals surface area contributed by atoms with E-state index in [4.69, 9.17) is 11.5 Å². The lowest BCUT2D eigenvalue weighted by Gasteiger charge is -2.46. The first kappa shape index (κ1) is 32.7. The number of nitrogens with one attached hydrogen (secondary N) is 2. The Morgan fingerprint density at radius 1 is 1.12 bits per heavy atom. The summed E-state index contributed by atoms with van der Waals surface area (Å²) in [5.74, 6) is -0.927. The number of hydrogen-bond donors (Lipinski definition) is 4. The van der Waals surface area contributed by atoms with Crippen molar-refractivity contribution in [3.05, 3.63) is 0 Å². The van der Waals surface area contributed by atoms with Gasteiger partial charge in [0.15, 0.2) is 18.4 Å². The van der Waals surface area contributed by atoms with Gasteiger partial charge in [-0.25, -0.2) is 13.4 Å². The summed E-state index contributed by atoms with van der Waals surface area (Å²) >= 11 is 0. The maximum atomic E-state index is 15.6. The van der Waals surface area contributed by atoms with Crippen LogP contribution >= 0.6 is 0 Å². The predicted octanol–water partition coefficient (Wildman–Crippen LogP) is 0.289. The van der Waals surface area contributed by atoms with Gasteiger partial charge in [0.05, 0.1) is 24.3 Å². The fourth-order valence-corrected chi connectivity index (χ4v) is 9.05. The maximum Gasteiger partial charge on any atom is 0.240 e. The van der Waals surface area contributed by atoms with E-state index in [9.17, 15) is 9.59 Å². The fourth-order valence-electron chi connectivity index (χ4n) is 9.05. The molecule has 9 unspecified atom stereocenters. The third-order valence-corrected chi connectivity index (χ3v) is 11.7. The minimum Gasteiger partial charge on any atom is -0.350 e. The van der Waals surface area contributed by atoms with Gasteiger partial charge in [-0.3, -0.25) is 19.4 Å². The zero-order valence-electron chi connectivity index (χ0n) is 26.6. The summed E-state index contributed by atoms with van der Waals surface area (Å²) < 4.78 is 32.8. The molecule has 2 amide bonds. The molecular formula is C31H55F2N8O2+. The van der Waals surface area contributed by atoms with Gasteiger partial charge < -0.3 is 27.0 Å². The molecule has 12 heteroatoms. The molecule has 9 atom stereocenters. The minimum absolute atomic E-state index is 0.0551. The van der Waals surface area contributed by atoms with Crippen LogP contribution in [0.5, 0.6) is 0 Å². The molecule has 4 heterocycles. The van der Waals surface area contributed by atoms with E-state index in [2.05, 4.69) is 34.3 Å². The Morgan fingerprint density at radius 2 is 1.84 bits per heavy atom. The normalized spacial score (nSPS) is 39.9. The quantitative estimate of drug-likeness (QED) is 0.231. The fraction of sp³-hybridized carbons (Fsp3) is 0.903. The molecule has 6 N–H and O–H groups in total. The van der Waals surface area contributed by atoms with Crippen molar-refractivity contribution in [2.75, 3.05) is 59.4 Å². The highest BCUT2D eigenvalue weighted by Crippen LogP contribution is 2.71. The van der Waals surface area contributed by atoms with Crippen molar-refractivity contribution in [2.45, 2.75) is 102 Å². The molecule has 0 aromatic rings. The van der Waals surface area contributed by atoms with E-state index in [0.29, 0.717) is 52.1 Å². The van der Waals surface area contributed by atoms with Crippen molar-refractivity contribution < 1.29 is 22.9 Å². The van der Waals surface area contributed by atoms with Crippen LogP contribution in [0.4, 0.5) is 8.78 Å². The predicted molar refractivity (Wildman–Crippen MR) is 163 cm³/mol. The molecule has 0 aromatic heterocycles. The first-order chi connectivity index (χ1) is 20.4. The number of likely N-dealkylation sites (N-methyl/N-ethyl adjacent to an activating group) is 1. The number of carbonyl (C=O) groups excluding carboxylic acids is 2. The average molecular weight is 610 g/mol. The van der Waals surface area contributed by atoms with E-state index < -0.39 is 36.5 Å². The zero-order valence-corrected chi connectivity index (χ0v) is 26.6. The number of likely N-dealkylation sites (tertiary alicyclic amines) is 1. The SMILES string of the molecule is CC[N+]1=CC(F)CC2(C)CC2(CC)CC1C(C(=O)NC1CNCC(F)C1N1CCN(C(=O)C2CCCN2C)CC1)C(N)N. The molecule has 0 aromatic carbocycles. The van der Waals surface area contributed by atoms with Crippen LogP contribution in [-0.2, 0) is 9.59 Å². The van der Waals surface area contributed by atoms with Crippen molar-refractivity contribution in [1.29, 1.82) is 0 Å². The van der Waals surface area contributed by atoms with Gasteiger partial charge >= 0.3 is 0 Å². The monoisotopic (exact) mass is 609 g/mol. The van der Waals surface area contributed by atoms with Gasteiger partial charge in [-0.15, -0.1) is 0 Å². The van der Waals surface area contributed by atoms with Gasteiger partial charge in [0.25, 0.3) is 0 Å². The Hall–Kier alpha value is -1.73. The van der Waals surface area contributed by atoms with Crippen LogP contribution in [0.2, 0.25) is 0 Å². The van der Waals surface area contributed by atoms with Crippen LogP contribution in [0.15, 0.2) is 0 Å². The molecule has 10 nitrogen and oxygen atoms in total. The number of hydrogen-bond acceptors (Lipinski definition) is 7.